The first kappa shape index (κ1) is 19.4. The Hall–Kier alpha value is -2.91. The molecular weight excluding hydrogens is 374 g/mol. The van der Waals surface area contributed by atoms with Crippen LogP contribution in [0.5, 0.6) is 0 Å². The number of hydrogen-bond acceptors (Lipinski definition) is 7. The van der Waals surface area contributed by atoms with E-state index in [1.54, 1.807) is 4.90 Å². The number of anilines is 1. The van der Waals surface area contributed by atoms with E-state index in [0.717, 1.165) is 30.8 Å². The number of aromatic nitrogens is 2. The largest absolute Gasteiger partial charge is 0.386 e. The molecule has 2 fully saturated rings. The van der Waals surface area contributed by atoms with Crippen LogP contribution in [0.2, 0.25) is 0 Å². The number of urea groups is 1. The Bertz CT molecular complexity index is 823. The van der Waals surface area contributed by atoms with Crippen LogP contribution in [0.25, 0.3) is 0 Å². The second-order valence-electron chi connectivity index (χ2n) is 7.94. The fraction of sp³-hybridized carbons (Fsp3) is 0.632. The van der Waals surface area contributed by atoms with E-state index in [1.807, 2.05) is 19.9 Å². The molecule has 1 unspecified atom stereocenters. The molecule has 156 valence electrons. The molecule has 3 amide bonds. The minimum absolute atomic E-state index is 0.0874. The minimum Gasteiger partial charge on any atom is -0.386 e. The van der Waals surface area contributed by atoms with Gasteiger partial charge in [-0.25, -0.2) is 14.8 Å². The molecule has 0 aromatic carbocycles. The zero-order chi connectivity index (χ0) is 20.4. The first-order valence-electron chi connectivity index (χ1n) is 10.1. The van der Waals surface area contributed by atoms with Crippen molar-refractivity contribution in [2.75, 3.05) is 44.2 Å². The summed E-state index contributed by atoms with van der Waals surface area (Å²) in [6, 6.07) is 1.86. The number of piperidine rings is 1. The van der Waals surface area contributed by atoms with Gasteiger partial charge < -0.3 is 25.3 Å². The predicted octanol–water partition coefficient (Wildman–Crippen LogP) is 0.350. The Balaban J connectivity index is 1.32. The van der Waals surface area contributed by atoms with Crippen LogP contribution in [-0.2, 0) is 9.63 Å². The number of rotatable bonds is 5. The summed E-state index contributed by atoms with van der Waals surface area (Å²) in [7, 11) is 0. The van der Waals surface area contributed by atoms with Gasteiger partial charge >= 0.3 is 6.03 Å². The smallest absolute Gasteiger partial charge is 0.317 e. The van der Waals surface area contributed by atoms with Crippen molar-refractivity contribution >= 4 is 23.6 Å². The number of nitrogens with zero attached hydrogens (tertiary/aromatic N) is 5. The van der Waals surface area contributed by atoms with Crippen LogP contribution in [-0.4, -0.2) is 77.4 Å². The molecule has 10 heteroatoms. The third kappa shape index (κ3) is 4.25. The molecule has 4 heterocycles. The second kappa shape index (κ2) is 7.84. The zero-order valence-electron chi connectivity index (χ0n) is 16.9. The molecule has 3 aliphatic heterocycles. The summed E-state index contributed by atoms with van der Waals surface area (Å²) in [6.45, 7) is 7.56. The molecule has 1 aromatic heterocycles. The quantitative estimate of drug-likeness (QED) is 0.736. The fourth-order valence-electron chi connectivity index (χ4n) is 4.11. The summed E-state index contributed by atoms with van der Waals surface area (Å²) >= 11 is 0. The first-order chi connectivity index (χ1) is 13.9. The molecule has 0 saturated carbocycles. The Labute approximate surface area is 169 Å². The molecule has 3 aliphatic rings. The molecule has 0 aliphatic carbocycles. The Kier molecular flexibility index (Phi) is 5.25. The fourth-order valence-corrected chi connectivity index (χ4v) is 4.11. The lowest BCUT2D eigenvalue weighted by Gasteiger charge is -2.38. The highest BCUT2D eigenvalue weighted by Gasteiger charge is 2.45. The molecule has 29 heavy (non-hydrogen) atoms. The van der Waals surface area contributed by atoms with Gasteiger partial charge in [-0.15, -0.1) is 0 Å². The molecule has 10 nitrogen and oxygen atoms in total. The summed E-state index contributed by atoms with van der Waals surface area (Å²) in [4.78, 5) is 42.7. The van der Waals surface area contributed by atoms with Gasteiger partial charge in [-0.05, 0) is 32.8 Å². The van der Waals surface area contributed by atoms with Crippen LogP contribution in [0.4, 0.5) is 10.7 Å². The average molecular weight is 401 g/mol. The van der Waals surface area contributed by atoms with E-state index < -0.39 is 5.60 Å². The number of carbonyl (C=O) groups excluding carboxylic acids is 2. The van der Waals surface area contributed by atoms with Crippen LogP contribution in [0.1, 0.15) is 30.7 Å². The van der Waals surface area contributed by atoms with Crippen LogP contribution >= 0.6 is 0 Å². The molecule has 2 saturated heterocycles. The molecular formula is C19H27N7O3. The van der Waals surface area contributed by atoms with Crippen molar-refractivity contribution in [3.8, 4) is 0 Å². The normalized spacial score (nSPS) is 23.8. The number of aryl methyl sites for hydroxylation is 2. The Morgan fingerprint density at radius 3 is 2.83 bits per heavy atom. The lowest BCUT2D eigenvalue weighted by molar-refractivity contribution is -0.114. The maximum Gasteiger partial charge on any atom is 0.317 e. The molecule has 4 rings (SSSR count). The van der Waals surface area contributed by atoms with Crippen molar-refractivity contribution < 1.29 is 14.4 Å². The third-order valence-electron chi connectivity index (χ3n) is 5.51. The molecule has 2 N–H and O–H groups in total. The lowest BCUT2D eigenvalue weighted by Crippen LogP contribution is -2.49. The van der Waals surface area contributed by atoms with Crippen molar-refractivity contribution in [1.29, 1.82) is 0 Å². The predicted molar refractivity (Wildman–Crippen MR) is 107 cm³/mol. The topological polar surface area (TPSA) is 112 Å². The van der Waals surface area contributed by atoms with Gasteiger partial charge in [0.2, 0.25) is 5.95 Å². The summed E-state index contributed by atoms with van der Waals surface area (Å²) in [5.41, 5.74) is 1.75. The Morgan fingerprint density at radius 2 is 2.10 bits per heavy atom. The molecule has 0 bridgehead atoms. The van der Waals surface area contributed by atoms with Gasteiger partial charge in [0.1, 0.15) is 5.71 Å². The van der Waals surface area contributed by atoms with Crippen molar-refractivity contribution in [2.24, 2.45) is 5.16 Å². The van der Waals surface area contributed by atoms with Gasteiger partial charge in [0.25, 0.3) is 5.91 Å². The van der Waals surface area contributed by atoms with E-state index in [1.165, 1.54) is 0 Å². The van der Waals surface area contributed by atoms with E-state index in [0.29, 0.717) is 50.8 Å². The Morgan fingerprint density at radius 1 is 1.31 bits per heavy atom. The maximum absolute atomic E-state index is 12.5. The monoisotopic (exact) mass is 401 g/mol. The van der Waals surface area contributed by atoms with Crippen LogP contribution in [0.3, 0.4) is 0 Å². The van der Waals surface area contributed by atoms with Crippen molar-refractivity contribution in [2.45, 2.75) is 38.7 Å². The molecule has 1 atom stereocenters. The second-order valence-corrected chi connectivity index (χ2v) is 7.94. The van der Waals surface area contributed by atoms with Gasteiger partial charge in [0.05, 0.1) is 6.54 Å². The number of nitrogens with one attached hydrogen (secondary N) is 2. The van der Waals surface area contributed by atoms with Gasteiger partial charge in [0.15, 0.2) is 5.60 Å². The first-order valence-corrected chi connectivity index (χ1v) is 10.1. The van der Waals surface area contributed by atoms with E-state index in [4.69, 9.17) is 4.84 Å². The number of carbonyl (C=O) groups is 2. The van der Waals surface area contributed by atoms with Crippen molar-refractivity contribution in [3.63, 3.8) is 0 Å². The highest BCUT2D eigenvalue weighted by molar-refractivity contribution is 6.39. The SMILES string of the molecule is Cc1cc(C)nc(N2CCCC3(CC(C(=O)NCCN4CCNC4=O)=NO3)C2)n1. The van der Waals surface area contributed by atoms with E-state index in [2.05, 4.69) is 30.7 Å². The summed E-state index contributed by atoms with van der Waals surface area (Å²) in [6.07, 6.45) is 2.22. The number of amides is 3. The van der Waals surface area contributed by atoms with E-state index >= 15 is 0 Å². The van der Waals surface area contributed by atoms with Crippen molar-refractivity contribution in [3.05, 3.63) is 17.5 Å². The third-order valence-corrected chi connectivity index (χ3v) is 5.51. The minimum atomic E-state index is -0.513. The van der Waals surface area contributed by atoms with E-state index in [-0.39, 0.29) is 11.9 Å². The summed E-state index contributed by atoms with van der Waals surface area (Å²) in [5, 5.41) is 9.67. The molecule has 1 spiro atoms. The average Bonchev–Trinajstić information content (AvgIpc) is 3.28. The highest BCUT2D eigenvalue weighted by atomic mass is 16.7. The van der Waals surface area contributed by atoms with Gasteiger partial charge in [-0.3, -0.25) is 4.79 Å². The van der Waals surface area contributed by atoms with Gasteiger partial charge in [0, 0.05) is 50.5 Å². The zero-order valence-corrected chi connectivity index (χ0v) is 16.9. The molecule has 0 radical (unpaired) electrons. The summed E-state index contributed by atoms with van der Waals surface area (Å²) in [5.74, 6) is 0.466. The number of hydrogen-bond donors (Lipinski definition) is 2. The van der Waals surface area contributed by atoms with Crippen LogP contribution in [0.15, 0.2) is 11.2 Å². The van der Waals surface area contributed by atoms with Crippen LogP contribution in [0, 0.1) is 13.8 Å². The van der Waals surface area contributed by atoms with Gasteiger partial charge in [-0.1, -0.05) is 5.16 Å². The summed E-state index contributed by atoms with van der Waals surface area (Å²) < 4.78 is 0. The number of oxime groups is 1. The highest BCUT2D eigenvalue weighted by Crippen LogP contribution is 2.34. The van der Waals surface area contributed by atoms with Gasteiger partial charge in [-0.2, -0.15) is 0 Å². The standard InChI is InChI=1S/C19H27N7O3/c1-13-10-14(2)23-17(22-13)26-7-3-4-19(12-26)11-15(24-29-19)16(27)20-5-8-25-9-6-21-18(25)28/h10H,3-9,11-12H2,1-2H3,(H,20,27)(H,21,28). The van der Waals surface area contributed by atoms with E-state index in [9.17, 15) is 9.59 Å². The maximum atomic E-state index is 12.5. The molecule has 1 aromatic rings. The van der Waals surface area contributed by atoms with Crippen molar-refractivity contribution in [1.82, 2.24) is 25.5 Å². The van der Waals surface area contributed by atoms with Crippen LogP contribution < -0.4 is 15.5 Å². The lowest BCUT2D eigenvalue weighted by atomic mass is 9.88.